The molecule has 8 nitrogen and oxygen atoms in total. The van der Waals surface area contributed by atoms with Crippen molar-refractivity contribution in [2.45, 2.75) is 31.6 Å². The zero-order valence-corrected chi connectivity index (χ0v) is 13.6. The Balaban J connectivity index is 1.64. The molecule has 1 atom stereocenters. The number of nitrogens with zero attached hydrogens (tertiary/aromatic N) is 4. The summed E-state index contributed by atoms with van der Waals surface area (Å²) in [5.74, 6) is 1.14. The highest BCUT2D eigenvalue weighted by atomic mass is 32.2. The van der Waals surface area contributed by atoms with Crippen molar-refractivity contribution in [2.24, 2.45) is 0 Å². The molecule has 0 saturated carbocycles. The Bertz CT molecular complexity index is 597. The topological polar surface area (TPSA) is 88.8 Å². The average Bonchev–Trinajstić information content (AvgIpc) is 2.93. The van der Waals surface area contributed by atoms with Gasteiger partial charge < -0.3 is 9.26 Å². The second kappa shape index (κ2) is 6.61. The molecular weight excluding hydrogens is 308 g/mol. The van der Waals surface area contributed by atoms with Crippen LogP contribution in [-0.2, 0) is 21.3 Å². The fraction of sp³-hybridized carbons (Fsp3) is 0.846. The van der Waals surface area contributed by atoms with Gasteiger partial charge in [0.15, 0.2) is 5.82 Å². The van der Waals surface area contributed by atoms with Crippen LogP contribution in [0, 0.1) is 6.92 Å². The van der Waals surface area contributed by atoms with Gasteiger partial charge in [-0.15, -0.1) is 0 Å². The lowest BCUT2D eigenvalue weighted by atomic mass is 10.1. The molecule has 0 bridgehead atoms. The van der Waals surface area contributed by atoms with Gasteiger partial charge in [-0.1, -0.05) is 5.16 Å². The van der Waals surface area contributed by atoms with Crippen LogP contribution in [-0.4, -0.2) is 72.4 Å². The van der Waals surface area contributed by atoms with E-state index < -0.39 is 10.0 Å². The molecule has 1 aromatic heterocycles. The monoisotopic (exact) mass is 330 g/mol. The maximum Gasteiger partial charge on any atom is 0.223 e. The molecule has 2 fully saturated rings. The second-order valence-corrected chi connectivity index (χ2v) is 8.00. The van der Waals surface area contributed by atoms with Crippen molar-refractivity contribution >= 4 is 10.0 Å². The third kappa shape index (κ3) is 3.48. The Labute approximate surface area is 130 Å². The van der Waals surface area contributed by atoms with Gasteiger partial charge >= 0.3 is 0 Å². The number of aromatic nitrogens is 2. The van der Waals surface area contributed by atoms with E-state index >= 15 is 0 Å². The van der Waals surface area contributed by atoms with Crippen molar-refractivity contribution in [2.75, 3.05) is 39.4 Å². The Morgan fingerprint density at radius 1 is 1.27 bits per heavy atom. The number of aryl methyl sites for hydroxylation is 1. The van der Waals surface area contributed by atoms with E-state index in [1.54, 1.807) is 11.2 Å². The summed E-state index contributed by atoms with van der Waals surface area (Å²) in [4.78, 5) is 6.28. The number of likely N-dealkylation sites (tertiary alicyclic amines) is 1. The van der Waals surface area contributed by atoms with Crippen molar-refractivity contribution in [3.8, 4) is 0 Å². The highest BCUT2D eigenvalue weighted by molar-refractivity contribution is 7.89. The number of ether oxygens (including phenoxy) is 1. The lowest BCUT2D eigenvalue weighted by molar-refractivity contribution is 0.0718. The average molecular weight is 330 g/mol. The van der Waals surface area contributed by atoms with E-state index in [1.165, 1.54) is 0 Å². The quantitative estimate of drug-likeness (QED) is 0.768. The molecule has 9 heteroatoms. The van der Waals surface area contributed by atoms with Crippen LogP contribution in [0.2, 0.25) is 0 Å². The lowest BCUT2D eigenvalue weighted by Gasteiger charge is -2.35. The number of morpholine rings is 1. The Morgan fingerprint density at radius 3 is 2.73 bits per heavy atom. The van der Waals surface area contributed by atoms with Gasteiger partial charge in [-0.3, -0.25) is 4.90 Å². The van der Waals surface area contributed by atoms with Crippen molar-refractivity contribution in [3.63, 3.8) is 0 Å². The van der Waals surface area contributed by atoms with E-state index in [1.807, 2.05) is 0 Å². The van der Waals surface area contributed by atoms with E-state index in [-0.39, 0.29) is 5.25 Å². The molecule has 2 saturated heterocycles. The number of hydrogen-bond acceptors (Lipinski definition) is 7. The minimum absolute atomic E-state index is 0.354. The van der Waals surface area contributed by atoms with Crippen molar-refractivity contribution in [3.05, 3.63) is 11.7 Å². The third-order valence-electron chi connectivity index (χ3n) is 4.15. The predicted octanol–water partition coefficient (Wildman–Crippen LogP) is 0.00442. The molecule has 124 valence electrons. The second-order valence-electron chi connectivity index (χ2n) is 5.79. The van der Waals surface area contributed by atoms with Crippen LogP contribution in [0.3, 0.4) is 0 Å². The van der Waals surface area contributed by atoms with Crippen molar-refractivity contribution in [1.29, 1.82) is 0 Å². The largest absolute Gasteiger partial charge is 0.379 e. The van der Waals surface area contributed by atoms with Crippen LogP contribution in [0.5, 0.6) is 0 Å². The van der Waals surface area contributed by atoms with Gasteiger partial charge in [0.25, 0.3) is 0 Å². The molecule has 3 heterocycles. The third-order valence-corrected chi connectivity index (χ3v) is 6.46. The molecule has 2 aliphatic heterocycles. The van der Waals surface area contributed by atoms with Crippen LogP contribution >= 0.6 is 0 Å². The smallest absolute Gasteiger partial charge is 0.223 e. The van der Waals surface area contributed by atoms with Gasteiger partial charge in [-0.25, -0.2) is 8.42 Å². The van der Waals surface area contributed by atoms with Gasteiger partial charge in [0.2, 0.25) is 15.9 Å². The first kappa shape index (κ1) is 15.9. The first-order valence-corrected chi connectivity index (χ1v) is 9.14. The normalized spacial score (nSPS) is 25.4. The molecule has 3 rings (SSSR count). The molecule has 0 spiro atoms. The Kier molecular flexibility index (Phi) is 4.76. The van der Waals surface area contributed by atoms with Crippen molar-refractivity contribution < 1.29 is 17.7 Å². The number of sulfonamides is 1. The molecule has 2 aliphatic rings. The van der Waals surface area contributed by atoms with Crippen LogP contribution in [0.4, 0.5) is 0 Å². The Hall–Kier alpha value is -1.03. The zero-order chi connectivity index (χ0) is 15.6. The summed E-state index contributed by atoms with van der Waals surface area (Å²) < 4.78 is 37.3. The molecule has 0 amide bonds. The number of piperidine rings is 1. The minimum Gasteiger partial charge on any atom is -0.379 e. The molecule has 0 radical (unpaired) electrons. The molecule has 0 unspecified atom stereocenters. The van der Waals surface area contributed by atoms with Crippen LogP contribution in [0.25, 0.3) is 0 Å². The summed E-state index contributed by atoms with van der Waals surface area (Å²) >= 11 is 0. The number of hydrogen-bond donors (Lipinski definition) is 0. The highest BCUT2D eigenvalue weighted by Crippen LogP contribution is 2.22. The first-order valence-electron chi connectivity index (χ1n) is 7.64. The van der Waals surface area contributed by atoms with E-state index in [9.17, 15) is 8.42 Å². The summed E-state index contributed by atoms with van der Waals surface area (Å²) in [7, 11) is -3.26. The fourth-order valence-corrected chi connectivity index (χ4v) is 4.96. The van der Waals surface area contributed by atoms with E-state index in [4.69, 9.17) is 9.26 Å². The molecule has 0 aliphatic carbocycles. The lowest BCUT2D eigenvalue weighted by Crippen LogP contribution is -2.50. The maximum absolute atomic E-state index is 12.7. The number of rotatable bonds is 4. The van der Waals surface area contributed by atoms with Gasteiger partial charge in [0.05, 0.1) is 25.0 Å². The zero-order valence-electron chi connectivity index (χ0n) is 12.8. The van der Waals surface area contributed by atoms with Gasteiger partial charge in [-0.05, 0) is 19.4 Å². The predicted molar refractivity (Wildman–Crippen MR) is 78.6 cm³/mol. The molecule has 0 N–H and O–H groups in total. The molecule has 1 aromatic rings. The summed E-state index contributed by atoms with van der Waals surface area (Å²) in [5, 5.41) is 3.53. The van der Waals surface area contributed by atoms with Crippen LogP contribution in [0.15, 0.2) is 4.52 Å². The van der Waals surface area contributed by atoms with E-state index in [2.05, 4.69) is 15.0 Å². The highest BCUT2D eigenvalue weighted by Gasteiger charge is 2.36. The summed E-state index contributed by atoms with van der Waals surface area (Å²) in [6.45, 7) is 5.56. The van der Waals surface area contributed by atoms with Gasteiger partial charge in [0, 0.05) is 26.6 Å². The summed E-state index contributed by atoms with van der Waals surface area (Å²) in [5.41, 5.74) is 0. The van der Waals surface area contributed by atoms with E-state index in [0.717, 1.165) is 13.0 Å². The standard InChI is InChI=1S/C13H22N4O4S/c1-11-14-13(15-21-11)10-16-4-2-3-12(9-16)22(18,19)17-5-7-20-8-6-17/h12H,2-10H2,1H3/t12-/m0/s1. The van der Waals surface area contributed by atoms with Crippen LogP contribution in [0.1, 0.15) is 24.6 Å². The summed E-state index contributed by atoms with van der Waals surface area (Å²) in [6, 6.07) is 0. The maximum atomic E-state index is 12.7. The molecule has 22 heavy (non-hydrogen) atoms. The first-order chi connectivity index (χ1) is 10.6. The summed E-state index contributed by atoms with van der Waals surface area (Å²) in [6.07, 6.45) is 1.58. The Morgan fingerprint density at radius 2 is 2.05 bits per heavy atom. The fourth-order valence-electron chi connectivity index (χ4n) is 3.02. The van der Waals surface area contributed by atoms with Crippen molar-refractivity contribution in [1.82, 2.24) is 19.3 Å². The van der Waals surface area contributed by atoms with E-state index in [0.29, 0.717) is 57.5 Å². The van der Waals surface area contributed by atoms with Gasteiger partial charge in [0.1, 0.15) is 0 Å². The molecule has 0 aromatic carbocycles. The van der Waals surface area contributed by atoms with Gasteiger partial charge in [-0.2, -0.15) is 9.29 Å². The molecular formula is C13H22N4O4S. The SMILES string of the molecule is Cc1nc(CN2CCC[C@H](S(=O)(=O)N3CCOCC3)C2)no1. The minimum atomic E-state index is -3.26. The van der Waals surface area contributed by atoms with Crippen LogP contribution < -0.4 is 0 Å².